The molecule has 0 radical (unpaired) electrons. The highest BCUT2D eigenvalue weighted by molar-refractivity contribution is 5.71. The Morgan fingerprint density at radius 1 is 0.815 bits per heavy atom. The summed E-state index contributed by atoms with van der Waals surface area (Å²) < 4.78 is 0. The monoisotopic (exact) mass is 359 g/mol. The number of hydrogen-bond acceptors (Lipinski definition) is 1. The molecule has 3 aliphatic rings. The fraction of sp³-hybridized carbons (Fsp3) is 0.538. The van der Waals surface area contributed by atoms with Gasteiger partial charge < -0.3 is 4.90 Å². The third-order valence-electron chi connectivity index (χ3n) is 7.77. The molecule has 0 N–H and O–H groups in total. The molecule has 1 aliphatic heterocycles. The van der Waals surface area contributed by atoms with E-state index in [0.29, 0.717) is 0 Å². The molecule has 5 rings (SSSR count). The number of aryl methyl sites for hydroxylation is 2. The first-order valence-corrected chi connectivity index (χ1v) is 11.1. The van der Waals surface area contributed by atoms with Crippen LogP contribution in [-0.2, 0) is 0 Å². The fourth-order valence-corrected chi connectivity index (χ4v) is 6.41. The molecule has 0 amide bonds. The molecule has 1 unspecified atom stereocenters. The van der Waals surface area contributed by atoms with Crippen LogP contribution in [0.2, 0.25) is 0 Å². The summed E-state index contributed by atoms with van der Waals surface area (Å²) in [6.07, 6.45) is 8.70. The Morgan fingerprint density at radius 2 is 1.63 bits per heavy atom. The summed E-state index contributed by atoms with van der Waals surface area (Å²) in [5.74, 6) is 2.80. The lowest BCUT2D eigenvalue weighted by atomic mass is 9.82. The van der Waals surface area contributed by atoms with Crippen LogP contribution >= 0.6 is 0 Å². The topological polar surface area (TPSA) is 3.24 Å². The number of piperidine rings is 1. The van der Waals surface area contributed by atoms with Crippen LogP contribution in [0.1, 0.15) is 61.1 Å². The molecule has 0 spiro atoms. The van der Waals surface area contributed by atoms with Crippen molar-refractivity contribution in [2.45, 2.75) is 64.3 Å². The van der Waals surface area contributed by atoms with E-state index in [2.05, 4.69) is 61.2 Å². The highest BCUT2D eigenvalue weighted by atomic mass is 15.2. The highest BCUT2D eigenvalue weighted by Crippen LogP contribution is 2.48. The molecule has 27 heavy (non-hydrogen) atoms. The zero-order chi connectivity index (χ0) is 18.4. The van der Waals surface area contributed by atoms with Crippen molar-refractivity contribution in [1.29, 1.82) is 0 Å². The summed E-state index contributed by atoms with van der Waals surface area (Å²) in [7, 11) is 0. The van der Waals surface area contributed by atoms with Crippen molar-refractivity contribution < 1.29 is 0 Å². The summed E-state index contributed by atoms with van der Waals surface area (Å²) in [5.41, 5.74) is 7.23. The van der Waals surface area contributed by atoms with E-state index in [1.165, 1.54) is 73.9 Å². The molecule has 0 aromatic heterocycles. The molecular weight excluding hydrogens is 326 g/mol. The second kappa shape index (κ2) is 7.09. The predicted molar refractivity (Wildman–Crippen MR) is 114 cm³/mol. The maximum Gasteiger partial charge on any atom is 0.0126 e. The van der Waals surface area contributed by atoms with E-state index in [-0.39, 0.29) is 0 Å². The minimum atomic E-state index is 0.719. The van der Waals surface area contributed by atoms with Crippen LogP contribution < -0.4 is 0 Å². The molecule has 1 heterocycles. The largest absolute Gasteiger partial charge is 0.300 e. The van der Waals surface area contributed by atoms with E-state index in [1.807, 2.05) is 0 Å². The van der Waals surface area contributed by atoms with Crippen molar-refractivity contribution in [3.63, 3.8) is 0 Å². The van der Waals surface area contributed by atoms with Crippen molar-refractivity contribution >= 4 is 0 Å². The van der Waals surface area contributed by atoms with Crippen molar-refractivity contribution in [2.75, 3.05) is 13.1 Å². The summed E-state index contributed by atoms with van der Waals surface area (Å²) >= 11 is 0. The van der Waals surface area contributed by atoms with Crippen molar-refractivity contribution in [3.05, 3.63) is 59.2 Å². The maximum absolute atomic E-state index is 2.86. The molecule has 2 aromatic rings. The summed E-state index contributed by atoms with van der Waals surface area (Å²) in [6.45, 7) is 7.06. The second-order valence-electron chi connectivity index (χ2n) is 9.46. The molecule has 142 valence electrons. The average molecular weight is 360 g/mol. The van der Waals surface area contributed by atoms with Gasteiger partial charge in [-0.05, 0) is 99.0 Å². The number of hydrogen-bond donors (Lipinski definition) is 0. The van der Waals surface area contributed by atoms with E-state index in [1.54, 1.807) is 5.56 Å². The Morgan fingerprint density at radius 3 is 2.33 bits per heavy atom. The van der Waals surface area contributed by atoms with Gasteiger partial charge >= 0.3 is 0 Å². The van der Waals surface area contributed by atoms with Crippen LogP contribution in [0.5, 0.6) is 0 Å². The van der Waals surface area contributed by atoms with E-state index in [4.69, 9.17) is 0 Å². The van der Waals surface area contributed by atoms with Gasteiger partial charge in [-0.3, -0.25) is 0 Å². The van der Waals surface area contributed by atoms with Crippen LogP contribution in [0, 0.1) is 25.7 Å². The van der Waals surface area contributed by atoms with Gasteiger partial charge in [0.25, 0.3) is 0 Å². The Labute approximate surface area is 164 Å². The molecular formula is C26H33N. The quantitative estimate of drug-likeness (QED) is 0.618. The van der Waals surface area contributed by atoms with E-state index < -0.39 is 0 Å². The summed E-state index contributed by atoms with van der Waals surface area (Å²) in [6, 6.07) is 17.0. The molecule has 2 bridgehead atoms. The van der Waals surface area contributed by atoms with Crippen LogP contribution in [0.4, 0.5) is 0 Å². The molecule has 3 fully saturated rings. The van der Waals surface area contributed by atoms with E-state index in [9.17, 15) is 0 Å². The molecule has 1 nitrogen and oxygen atoms in total. The van der Waals surface area contributed by atoms with Gasteiger partial charge in [-0.25, -0.2) is 0 Å². The molecule has 1 saturated heterocycles. The van der Waals surface area contributed by atoms with Crippen molar-refractivity contribution in [3.8, 4) is 11.1 Å². The number of rotatable bonds is 3. The zero-order valence-corrected chi connectivity index (χ0v) is 17.0. The smallest absolute Gasteiger partial charge is 0.0126 e. The first kappa shape index (κ1) is 17.5. The molecule has 2 aliphatic carbocycles. The van der Waals surface area contributed by atoms with Crippen LogP contribution in [0.25, 0.3) is 11.1 Å². The second-order valence-corrected chi connectivity index (χ2v) is 9.46. The minimum absolute atomic E-state index is 0.719. The summed E-state index contributed by atoms with van der Waals surface area (Å²) in [5, 5.41) is 0. The Kier molecular flexibility index (Phi) is 4.60. The molecule has 1 heteroatoms. The minimum Gasteiger partial charge on any atom is -0.300 e. The number of benzene rings is 2. The number of nitrogens with zero attached hydrogens (tertiary/aromatic N) is 1. The highest BCUT2D eigenvalue weighted by Gasteiger charge is 2.42. The first-order chi connectivity index (χ1) is 13.2. The standard InChI is InChI=1S/C26H33N/c1-18-7-10-23(19(2)15-18)25-6-4-3-5-24(25)21-11-13-27(14-12-21)26-17-20-8-9-22(26)16-20/h3-7,10,15,20-22,26H,8-9,11-14,16-17H2,1-2H3/t20-,22?,26-/m0/s1. The Balaban J connectivity index is 1.34. The van der Waals surface area contributed by atoms with Crippen molar-refractivity contribution in [2.24, 2.45) is 11.8 Å². The van der Waals surface area contributed by atoms with Gasteiger partial charge in [0.05, 0.1) is 0 Å². The Hall–Kier alpha value is -1.60. The molecule has 3 atom stereocenters. The van der Waals surface area contributed by atoms with Gasteiger partial charge in [-0.15, -0.1) is 0 Å². The van der Waals surface area contributed by atoms with Gasteiger partial charge in [0, 0.05) is 6.04 Å². The predicted octanol–water partition coefficient (Wildman–Crippen LogP) is 6.34. The third-order valence-corrected chi connectivity index (χ3v) is 7.77. The maximum atomic E-state index is 2.86. The summed E-state index contributed by atoms with van der Waals surface area (Å²) in [4.78, 5) is 2.86. The van der Waals surface area contributed by atoms with Crippen LogP contribution in [0.15, 0.2) is 42.5 Å². The van der Waals surface area contributed by atoms with Gasteiger partial charge in [0.1, 0.15) is 0 Å². The lowest BCUT2D eigenvalue weighted by molar-refractivity contribution is 0.111. The van der Waals surface area contributed by atoms with E-state index in [0.717, 1.165) is 23.8 Å². The van der Waals surface area contributed by atoms with Crippen LogP contribution in [0.3, 0.4) is 0 Å². The number of likely N-dealkylation sites (tertiary alicyclic amines) is 1. The van der Waals surface area contributed by atoms with Gasteiger partial charge in [0.2, 0.25) is 0 Å². The first-order valence-electron chi connectivity index (χ1n) is 11.1. The van der Waals surface area contributed by atoms with Gasteiger partial charge in [-0.1, -0.05) is 54.4 Å². The van der Waals surface area contributed by atoms with E-state index >= 15 is 0 Å². The van der Waals surface area contributed by atoms with Gasteiger partial charge in [0.15, 0.2) is 0 Å². The Bertz CT molecular complexity index is 815. The molecule has 2 saturated carbocycles. The van der Waals surface area contributed by atoms with Crippen molar-refractivity contribution in [1.82, 2.24) is 4.90 Å². The third kappa shape index (κ3) is 3.25. The van der Waals surface area contributed by atoms with Crippen LogP contribution in [-0.4, -0.2) is 24.0 Å². The zero-order valence-electron chi connectivity index (χ0n) is 17.0. The van der Waals surface area contributed by atoms with Gasteiger partial charge in [-0.2, -0.15) is 0 Å². The fourth-order valence-electron chi connectivity index (χ4n) is 6.41. The molecule has 2 aromatic carbocycles. The number of fused-ring (bicyclic) bond motifs is 2. The normalized spacial score (nSPS) is 28.7. The SMILES string of the molecule is Cc1ccc(-c2ccccc2C2CCN([C@H]3C[C@H]4CCC3C4)CC2)c(C)c1. The average Bonchev–Trinajstić information content (AvgIpc) is 3.32. The lowest BCUT2D eigenvalue weighted by Crippen LogP contribution is -2.43. The lowest BCUT2D eigenvalue weighted by Gasteiger charge is -2.40.